The molecule has 0 amide bonds. The van der Waals surface area contributed by atoms with Gasteiger partial charge in [-0.3, -0.25) is 0 Å². The Kier molecular flexibility index (Phi) is 4.54. The lowest BCUT2D eigenvalue weighted by atomic mass is 9.88. The van der Waals surface area contributed by atoms with Gasteiger partial charge in [-0.1, -0.05) is 18.2 Å². The maximum atomic E-state index is 6.31. The number of nitrogens with two attached hydrogens (primary N) is 1. The molecule has 0 aliphatic heterocycles. The Balaban J connectivity index is 2.84. The first-order valence-electron chi connectivity index (χ1n) is 5.94. The number of likely N-dealkylation sites (N-methyl/N-ethyl adjacent to an activating group) is 1. The van der Waals surface area contributed by atoms with Crippen molar-refractivity contribution in [2.24, 2.45) is 5.73 Å². The topological polar surface area (TPSA) is 38.5 Å². The van der Waals surface area contributed by atoms with Gasteiger partial charge in [-0.15, -0.1) is 0 Å². The van der Waals surface area contributed by atoms with Crippen molar-refractivity contribution in [3.63, 3.8) is 0 Å². The molecule has 17 heavy (non-hydrogen) atoms. The molecule has 0 aromatic heterocycles. The van der Waals surface area contributed by atoms with Crippen molar-refractivity contribution in [1.29, 1.82) is 0 Å². The monoisotopic (exact) mass is 236 g/mol. The fraction of sp³-hybridized carbons (Fsp3) is 0.571. The molecule has 0 spiro atoms. The molecule has 0 saturated carbocycles. The largest absolute Gasteiger partial charge is 0.496 e. The summed E-state index contributed by atoms with van der Waals surface area (Å²) >= 11 is 0. The van der Waals surface area contributed by atoms with E-state index < -0.39 is 0 Å². The highest BCUT2D eigenvalue weighted by atomic mass is 16.5. The van der Waals surface area contributed by atoms with Crippen LogP contribution in [0, 0.1) is 0 Å². The van der Waals surface area contributed by atoms with Crippen LogP contribution < -0.4 is 10.5 Å². The highest BCUT2D eigenvalue weighted by Crippen LogP contribution is 2.23. The number of para-hydroxylation sites is 1. The van der Waals surface area contributed by atoms with Gasteiger partial charge < -0.3 is 15.4 Å². The third-order valence-electron chi connectivity index (χ3n) is 3.69. The molecule has 0 bridgehead atoms. The number of hydrogen-bond acceptors (Lipinski definition) is 3. The Morgan fingerprint density at radius 3 is 2.41 bits per heavy atom. The van der Waals surface area contributed by atoms with Crippen LogP contribution in [-0.4, -0.2) is 37.7 Å². The molecule has 0 heterocycles. The standard InChI is InChI=1S/C14H24N2O/c1-14(2,16(3)4)13(15)10-11-8-6-7-9-12(11)17-5/h6-9,13H,10,15H2,1-5H3. The molecular formula is C14H24N2O. The van der Waals surface area contributed by atoms with Crippen LogP contribution >= 0.6 is 0 Å². The maximum Gasteiger partial charge on any atom is 0.122 e. The molecule has 0 radical (unpaired) electrons. The van der Waals surface area contributed by atoms with Gasteiger partial charge in [0.25, 0.3) is 0 Å². The summed E-state index contributed by atoms with van der Waals surface area (Å²) in [6.07, 6.45) is 0.815. The number of rotatable bonds is 5. The normalized spacial score (nSPS) is 13.8. The zero-order chi connectivity index (χ0) is 13.1. The number of methoxy groups -OCH3 is 1. The second kappa shape index (κ2) is 5.52. The van der Waals surface area contributed by atoms with Crippen molar-refractivity contribution in [3.05, 3.63) is 29.8 Å². The molecule has 1 unspecified atom stereocenters. The molecule has 1 aromatic rings. The zero-order valence-corrected chi connectivity index (χ0v) is 11.5. The first-order valence-corrected chi connectivity index (χ1v) is 5.94. The number of hydrogen-bond donors (Lipinski definition) is 1. The van der Waals surface area contributed by atoms with Crippen LogP contribution in [0.1, 0.15) is 19.4 Å². The Labute approximate surface area is 105 Å². The summed E-state index contributed by atoms with van der Waals surface area (Å²) in [6, 6.07) is 8.11. The maximum absolute atomic E-state index is 6.31. The van der Waals surface area contributed by atoms with E-state index in [1.807, 2.05) is 18.2 Å². The summed E-state index contributed by atoms with van der Waals surface area (Å²) in [5, 5.41) is 0. The van der Waals surface area contributed by atoms with E-state index in [0.29, 0.717) is 0 Å². The predicted molar refractivity (Wildman–Crippen MR) is 72.4 cm³/mol. The molecule has 1 aromatic carbocycles. The minimum atomic E-state index is -0.0408. The molecule has 96 valence electrons. The summed E-state index contributed by atoms with van der Waals surface area (Å²) < 4.78 is 5.35. The third kappa shape index (κ3) is 3.20. The smallest absolute Gasteiger partial charge is 0.122 e. The van der Waals surface area contributed by atoms with Gasteiger partial charge in [0.2, 0.25) is 0 Å². The molecule has 0 aliphatic rings. The van der Waals surface area contributed by atoms with Gasteiger partial charge in [-0.25, -0.2) is 0 Å². The molecular weight excluding hydrogens is 212 g/mol. The van der Waals surface area contributed by atoms with Crippen LogP contribution in [-0.2, 0) is 6.42 Å². The summed E-state index contributed by atoms with van der Waals surface area (Å²) in [7, 11) is 5.81. The lowest BCUT2D eigenvalue weighted by molar-refractivity contribution is 0.157. The molecule has 1 atom stereocenters. The summed E-state index contributed by atoms with van der Waals surface area (Å²) in [5.74, 6) is 0.914. The van der Waals surface area contributed by atoms with Crippen LogP contribution in [0.5, 0.6) is 5.75 Å². The van der Waals surface area contributed by atoms with Crippen molar-refractivity contribution >= 4 is 0 Å². The van der Waals surface area contributed by atoms with Crippen LogP contribution in [0.15, 0.2) is 24.3 Å². The van der Waals surface area contributed by atoms with Crippen molar-refractivity contribution in [2.75, 3.05) is 21.2 Å². The molecule has 3 heteroatoms. The Morgan fingerprint density at radius 2 is 1.88 bits per heavy atom. The summed E-state index contributed by atoms with van der Waals surface area (Å²) in [6.45, 7) is 4.32. The van der Waals surface area contributed by atoms with Crippen molar-refractivity contribution < 1.29 is 4.74 Å². The van der Waals surface area contributed by atoms with Gasteiger partial charge >= 0.3 is 0 Å². The Morgan fingerprint density at radius 1 is 1.29 bits per heavy atom. The Hall–Kier alpha value is -1.06. The van der Waals surface area contributed by atoms with Gasteiger partial charge in [0.15, 0.2) is 0 Å². The van der Waals surface area contributed by atoms with Crippen LogP contribution in [0.4, 0.5) is 0 Å². The first-order chi connectivity index (χ1) is 7.89. The molecule has 3 nitrogen and oxygen atoms in total. The predicted octanol–water partition coefficient (Wildman–Crippen LogP) is 1.91. The quantitative estimate of drug-likeness (QED) is 0.848. The van der Waals surface area contributed by atoms with Gasteiger partial charge in [0.1, 0.15) is 5.75 Å². The molecule has 1 rings (SSSR count). The zero-order valence-electron chi connectivity index (χ0n) is 11.5. The average molecular weight is 236 g/mol. The van der Waals surface area contributed by atoms with Crippen LogP contribution in [0.25, 0.3) is 0 Å². The molecule has 0 fully saturated rings. The SMILES string of the molecule is COc1ccccc1CC(N)C(C)(C)N(C)C. The van der Waals surface area contributed by atoms with E-state index in [1.54, 1.807) is 7.11 Å². The Bertz CT molecular complexity index is 361. The number of nitrogens with zero attached hydrogens (tertiary/aromatic N) is 1. The van der Waals surface area contributed by atoms with E-state index in [-0.39, 0.29) is 11.6 Å². The second-order valence-corrected chi connectivity index (χ2v) is 5.17. The minimum absolute atomic E-state index is 0.0408. The van der Waals surface area contributed by atoms with E-state index in [4.69, 9.17) is 10.5 Å². The van der Waals surface area contributed by atoms with E-state index in [2.05, 4.69) is 38.9 Å². The van der Waals surface area contributed by atoms with Crippen molar-refractivity contribution in [2.45, 2.75) is 31.8 Å². The van der Waals surface area contributed by atoms with Gasteiger partial charge in [0, 0.05) is 11.6 Å². The third-order valence-corrected chi connectivity index (χ3v) is 3.69. The highest BCUT2D eigenvalue weighted by molar-refractivity contribution is 5.34. The number of ether oxygens (including phenoxy) is 1. The van der Waals surface area contributed by atoms with E-state index in [0.717, 1.165) is 17.7 Å². The van der Waals surface area contributed by atoms with Crippen molar-refractivity contribution in [3.8, 4) is 5.75 Å². The highest BCUT2D eigenvalue weighted by Gasteiger charge is 2.29. The van der Waals surface area contributed by atoms with Crippen LogP contribution in [0.2, 0.25) is 0 Å². The van der Waals surface area contributed by atoms with Crippen molar-refractivity contribution in [1.82, 2.24) is 4.90 Å². The lowest BCUT2D eigenvalue weighted by Crippen LogP contribution is -2.54. The average Bonchev–Trinajstić information content (AvgIpc) is 2.29. The summed E-state index contributed by atoms with van der Waals surface area (Å²) in [5.41, 5.74) is 7.43. The van der Waals surface area contributed by atoms with Gasteiger partial charge in [-0.05, 0) is 46.0 Å². The minimum Gasteiger partial charge on any atom is -0.496 e. The fourth-order valence-electron chi connectivity index (χ4n) is 1.69. The van der Waals surface area contributed by atoms with Gasteiger partial charge in [-0.2, -0.15) is 0 Å². The van der Waals surface area contributed by atoms with E-state index in [9.17, 15) is 0 Å². The van der Waals surface area contributed by atoms with E-state index in [1.165, 1.54) is 0 Å². The first kappa shape index (κ1) is 14.0. The van der Waals surface area contributed by atoms with Gasteiger partial charge in [0.05, 0.1) is 7.11 Å². The lowest BCUT2D eigenvalue weighted by Gasteiger charge is -2.38. The van der Waals surface area contributed by atoms with Crippen LogP contribution in [0.3, 0.4) is 0 Å². The molecule has 0 aliphatic carbocycles. The number of benzene rings is 1. The molecule has 2 N–H and O–H groups in total. The summed E-state index contributed by atoms with van der Waals surface area (Å²) in [4.78, 5) is 2.16. The molecule has 0 saturated heterocycles. The van der Waals surface area contributed by atoms with E-state index >= 15 is 0 Å². The fourth-order valence-corrected chi connectivity index (χ4v) is 1.69. The second-order valence-electron chi connectivity index (χ2n) is 5.17.